The summed E-state index contributed by atoms with van der Waals surface area (Å²) in [5.41, 5.74) is -1.29. The minimum Gasteiger partial charge on any atom is -0.425 e. The number of hydrogen-bond acceptors (Lipinski definition) is 9. The normalized spacial score (nSPS) is 14.3. The highest BCUT2D eigenvalue weighted by Gasteiger charge is 2.37. The average molecular weight is 426 g/mol. The summed E-state index contributed by atoms with van der Waals surface area (Å²) in [5.74, 6) is -2.64. The van der Waals surface area contributed by atoms with Gasteiger partial charge in [0, 0.05) is 25.8 Å². The molecule has 164 valence electrons. The van der Waals surface area contributed by atoms with Crippen molar-refractivity contribution in [2.75, 3.05) is 18.9 Å². The van der Waals surface area contributed by atoms with Crippen molar-refractivity contribution in [3.05, 3.63) is 0 Å². The van der Waals surface area contributed by atoms with Gasteiger partial charge in [0.2, 0.25) is 12.2 Å². The number of ether oxygens (including phenoxy) is 2. The van der Waals surface area contributed by atoms with E-state index in [1.54, 1.807) is 13.8 Å². The second kappa shape index (κ2) is 11.3. The minimum absolute atomic E-state index is 0.158. The first-order valence-corrected chi connectivity index (χ1v) is 10.5. The van der Waals surface area contributed by atoms with Crippen LogP contribution in [0.2, 0.25) is 0 Å². The fourth-order valence-electron chi connectivity index (χ4n) is 1.76. The lowest BCUT2D eigenvalue weighted by Crippen LogP contribution is -2.43. The van der Waals surface area contributed by atoms with Crippen LogP contribution in [0.15, 0.2) is 0 Å². The van der Waals surface area contributed by atoms with E-state index in [1.165, 1.54) is 27.7 Å². The summed E-state index contributed by atoms with van der Waals surface area (Å²) in [5, 5.41) is 12.6. The molecule has 0 aromatic carbocycles. The number of rotatable bonds is 12. The molecule has 28 heavy (non-hydrogen) atoms. The summed E-state index contributed by atoms with van der Waals surface area (Å²) in [6.07, 6.45) is -2.75. The number of carbonyl (C=O) groups is 3. The molecule has 0 aliphatic heterocycles. The largest absolute Gasteiger partial charge is 0.425 e. The number of esters is 2. The van der Waals surface area contributed by atoms with Gasteiger partial charge >= 0.3 is 11.9 Å². The third-order valence-electron chi connectivity index (χ3n) is 3.55. The van der Waals surface area contributed by atoms with E-state index in [4.69, 9.17) is 13.7 Å². The summed E-state index contributed by atoms with van der Waals surface area (Å²) >= 11 is 0. The van der Waals surface area contributed by atoms with E-state index in [9.17, 15) is 27.9 Å². The Morgan fingerprint density at radius 1 is 1.07 bits per heavy atom. The third-order valence-corrected chi connectivity index (χ3v) is 4.82. The van der Waals surface area contributed by atoms with E-state index < -0.39 is 52.4 Å². The Morgan fingerprint density at radius 3 is 2.11 bits per heavy atom. The summed E-state index contributed by atoms with van der Waals surface area (Å²) in [7, 11) is -3.90. The van der Waals surface area contributed by atoms with Crippen LogP contribution < -0.4 is 5.32 Å². The summed E-state index contributed by atoms with van der Waals surface area (Å²) in [6, 6.07) is 0. The van der Waals surface area contributed by atoms with Crippen LogP contribution in [-0.2, 0) is 38.2 Å². The van der Waals surface area contributed by atoms with Crippen LogP contribution in [0.3, 0.4) is 0 Å². The number of nitrogens with one attached hydrogen (secondary N) is 1. The van der Waals surface area contributed by atoms with E-state index in [-0.39, 0.29) is 24.6 Å². The van der Waals surface area contributed by atoms with Gasteiger partial charge in [-0.1, -0.05) is 27.7 Å². The van der Waals surface area contributed by atoms with Gasteiger partial charge in [0.1, 0.15) is 0 Å². The van der Waals surface area contributed by atoms with Gasteiger partial charge in [0.15, 0.2) is 6.10 Å². The second-order valence-electron chi connectivity index (χ2n) is 7.35. The Kier molecular flexibility index (Phi) is 10.6. The Labute approximate surface area is 166 Å². The minimum atomic E-state index is -3.90. The van der Waals surface area contributed by atoms with Gasteiger partial charge in [-0.05, 0) is 6.42 Å². The maximum absolute atomic E-state index is 12.0. The van der Waals surface area contributed by atoms with Crippen molar-refractivity contribution >= 4 is 28.0 Å². The molecule has 0 aliphatic carbocycles. The summed E-state index contributed by atoms with van der Waals surface area (Å²) in [4.78, 5) is 34.3. The van der Waals surface area contributed by atoms with E-state index in [1.807, 2.05) is 0 Å². The fraction of sp³-hybridized carbons (Fsp3) is 0.824. The summed E-state index contributed by atoms with van der Waals surface area (Å²) in [6.45, 7) is 8.44. The van der Waals surface area contributed by atoms with Crippen LogP contribution in [0.1, 0.15) is 48.0 Å². The molecular weight excluding hydrogens is 394 g/mol. The summed E-state index contributed by atoms with van der Waals surface area (Å²) < 4.78 is 38.4. The Hall–Kier alpha value is -1.72. The van der Waals surface area contributed by atoms with Crippen molar-refractivity contribution in [3.8, 4) is 0 Å². The number of amides is 1. The van der Waals surface area contributed by atoms with Crippen molar-refractivity contribution in [3.63, 3.8) is 0 Å². The average Bonchev–Trinajstić information content (AvgIpc) is 2.56. The number of carbonyl (C=O) groups excluding carboxylic acids is 3. The molecule has 0 heterocycles. The first kappa shape index (κ1) is 26.3. The molecule has 11 heteroatoms. The van der Waals surface area contributed by atoms with Gasteiger partial charge in [0.05, 0.1) is 18.3 Å². The zero-order chi connectivity index (χ0) is 22.1. The molecule has 1 amide bonds. The van der Waals surface area contributed by atoms with Crippen molar-refractivity contribution in [1.82, 2.24) is 5.32 Å². The lowest BCUT2D eigenvalue weighted by molar-refractivity contribution is -0.196. The van der Waals surface area contributed by atoms with Gasteiger partial charge in [0.25, 0.3) is 10.1 Å². The predicted octanol–water partition coefficient (Wildman–Crippen LogP) is 0.335. The van der Waals surface area contributed by atoms with Gasteiger partial charge in [-0.25, -0.2) is 4.79 Å². The quantitative estimate of drug-likeness (QED) is 0.195. The maximum Gasteiger partial charge on any atom is 0.338 e. The van der Waals surface area contributed by atoms with Crippen LogP contribution in [0.25, 0.3) is 0 Å². The van der Waals surface area contributed by atoms with Crippen molar-refractivity contribution < 1.29 is 41.6 Å². The number of hydrogen-bond donors (Lipinski definition) is 2. The fourth-order valence-corrected chi connectivity index (χ4v) is 2.86. The Morgan fingerprint density at radius 2 is 1.61 bits per heavy atom. The van der Waals surface area contributed by atoms with Gasteiger partial charge in [-0.3, -0.25) is 13.8 Å². The molecule has 2 N–H and O–H groups in total. The molecule has 0 fully saturated rings. The smallest absolute Gasteiger partial charge is 0.338 e. The van der Waals surface area contributed by atoms with Gasteiger partial charge in [-0.15, -0.1) is 0 Å². The zero-order valence-electron chi connectivity index (χ0n) is 17.2. The standard InChI is InChI=1S/C17H31NO9S/c1-11(2)15(21)26-13(4)27-16(22)14(20)17(5,6)10-25-28(23,24)9-7-8-18-12(3)19/h11,13-14,20H,7-10H2,1-6H3,(H,18,19)/t13?,14-/m0/s1. The van der Waals surface area contributed by atoms with E-state index in [0.717, 1.165) is 0 Å². The van der Waals surface area contributed by atoms with Gasteiger partial charge < -0.3 is 19.9 Å². The third kappa shape index (κ3) is 10.6. The molecule has 0 bridgehead atoms. The van der Waals surface area contributed by atoms with Crippen LogP contribution in [0.4, 0.5) is 0 Å². The Bertz CT molecular complexity index is 643. The van der Waals surface area contributed by atoms with Crippen molar-refractivity contribution in [1.29, 1.82) is 0 Å². The molecule has 0 radical (unpaired) electrons. The molecule has 0 saturated carbocycles. The highest BCUT2D eigenvalue weighted by atomic mass is 32.2. The second-order valence-corrected chi connectivity index (χ2v) is 9.11. The molecule has 0 aliphatic rings. The predicted molar refractivity (Wildman–Crippen MR) is 99.3 cm³/mol. The van der Waals surface area contributed by atoms with E-state index in [0.29, 0.717) is 0 Å². The molecule has 0 aromatic rings. The molecule has 0 spiro atoms. The maximum atomic E-state index is 12.0. The SMILES string of the molecule is CC(=O)NCCCS(=O)(=O)OCC(C)(C)[C@@H](O)C(=O)OC(C)OC(=O)C(C)C. The van der Waals surface area contributed by atoms with Crippen LogP contribution in [0, 0.1) is 11.3 Å². The molecule has 0 aromatic heterocycles. The Balaban J connectivity index is 4.59. The van der Waals surface area contributed by atoms with E-state index >= 15 is 0 Å². The zero-order valence-corrected chi connectivity index (χ0v) is 18.0. The molecule has 0 rings (SSSR count). The van der Waals surface area contributed by atoms with Gasteiger partial charge in [-0.2, -0.15) is 8.42 Å². The highest BCUT2D eigenvalue weighted by Crippen LogP contribution is 2.24. The molecular formula is C17H31NO9S. The van der Waals surface area contributed by atoms with Crippen LogP contribution in [0.5, 0.6) is 0 Å². The van der Waals surface area contributed by atoms with Crippen molar-refractivity contribution in [2.45, 2.75) is 60.4 Å². The molecule has 1 unspecified atom stereocenters. The highest BCUT2D eigenvalue weighted by molar-refractivity contribution is 7.86. The number of aliphatic hydroxyl groups excluding tert-OH is 1. The van der Waals surface area contributed by atoms with Crippen molar-refractivity contribution in [2.24, 2.45) is 11.3 Å². The topological polar surface area (TPSA) is 145 Å². The lowest BCUT2D eigenvalue weighted by Gasteiger charge is -2.29. The first-order valence-electron chi connectivity index (χ1n) is 8.88. The molecule has 10 nitrogen and oxygen atoms in total. The van der Waals surface area contributed by atoms with Crippen LogP contribution >= 0.6 is 0 Å². The number of aliphatic hydroxyl groups is 1. The van der Waals surface area contributed by atoms with Crippen LogP contribution in [-0.4, -0.2) is 62.7 Å². The monoisotopic (exact) mass is 425 g/mol. The lowest BCUT2D eigenvalue weighted by atomic mass is 9.88. The van der Waals surface area contributed by atoms with E-state index in [2.05, 4.69) is 5.32 Å². The first-order chi connectivity index (χ1) is 12.7. The molecule has 2 atom stereocenters. The molecule has 0 saturated heterocycles.